The number of carboxylic acids is 1. The van der Waals surface area contributed by atoms with Crippen LogP contribution in [-0.4, -0.2) is 91.9 Å². The fourth-order valence-electron chi connectivity index (χ4n) is 7.37. The standard InChI is InChI=1S/C46H59F2N5O10/c1-28(55)12-11-16-41(59)50-29(2)39(57)21-31(22-43(61)62)45(63)51-36(24-40(49)58)38(56)15-9-10-19-53(42(60)27-54)44(46(3,4)5)37-20-32(34-23-33(47)17-18-35(34)48)26-52(37)25-30-13-7-6-8-14-30/h6-8,13-14,17-18,20,23,26,29,31,36,44,54H,9-12,15-16,19,21-22,24-25,27H2,1-5H3,(H2,49,58)(H,50,59)(H,51,63)(H,61,62)/t29-,31+,36-,44-/m0/s1. The number of aliphatic hydroxyl groups excluding tert-OH is 1. The molecule has 0 spiro atoms. The van der Waals surface area contributed by atoms with Crippen molar-refractivity contribution in [1.82, 2.24) is 20.1 Å². The summed E-state index contributed by atoms with van der Waals surface area (Å²) in [5.74, 6) is -8.63. The van der Waals surface area contributed by atoms with Gasteiger partial charge in [0.05, 0.1) is 36.9 Å². The number of aliphatic carboxylic acids is 1. The molecule has 2 aromatic carbocycles. The van der Waals surface area contributed by atoms with Crippen molar-refractivity contribution < 1.29 is 57.4 Å². The van der Waals surface area contributed by atoms with Crippen molar-refractivity contribution >= 4 is 46.9 Å². The number of carbonyl (C=O) groups is 8. The van der Waals surface area contributed by atoms with Crippen LogP contribution in [0.1, 0.15) is 110 Å². The topological polar surface area (TPSA) is 235 Å². The number of aliphatic hydroxyl groups is 1. The van der Waals surface area contributed by atoms with E-state index in [0.717, 1.165) is 23.8 Å². The molecular weight excluding hydrogens is 821 g/mol. The van der Waals surface area contributed by atoms with Crippen LogP contribution < -0.4 is 16.4 Å². The molecule has 63 heavy (non-hydrogen) atoms. The maximum Gasteiger partial charge on any atom is 0.304 e. The van der Waals surface area contributed by atoms with Crippen molar-refractivity contribution in [2.45, 2.75) is 117 Å². The maximum absolute atomic E-state index is 15.1. The van der Waals surface area contributed by atoms with Gasteiger partial charge in [0.2, 0.25) is 23.6 Å². The molecule has 0 radical (unpaired) electrons. The van der Waals surface area contributed by atoms with Gasteiger partial charge in [-0.25, -0.2) is 8.78 Å². The van der Waals surface area contributed by atoms with Crippen LogP contribution in [0.4, 0.5) is 8.78 Å². The smallest absolute Gasteiger partial charge is 0.304 e. The predicted octanol–water partition coefficient (Wildman–Crippen LogP) is 4.80. The number of halogens is 2. The minimum absolute atomic E-state index is 0.0180. The summed E-state index contributed by atoms with van der Waals surface area (Å²) in [6.07, 6.45) is 0.172. The Morgan fingerprint density at radius 2 is 1.52 bits per heavy atom. The zero-order chi connectivity index (χ0) is 47.0. The Hall–Kier alpha value is -6.10. The van der Waals surface area contributed by atoms with Gasteiger partial charge in [0, 0.05) is 61.8 Å². The van der Waals surface area contributed by atoms with Crippen molar-refractivity contribution in [2.75, 3.05) is 13.2 Å². The lowest BCUT2D eigenvalue weighted by atomic mass is 9.82. The Bertz CT molecular complexity index is 2120. The van der Waals surface area contributed by atoms with E-state index in [9.17, 15) is 53.0 Å². The second-order valence-electron chi connectivity index (χ2n) is 16.9. The lowest BCUT2D eigenvalue weighted by molar-refractivity contribution is -0.142. The molecule has 0 fully saturated rings. The molecular formula is C46H59F2N5O10. The molecule has 3 rings (SSSR count). The van der Waals surface area contributed by atoms with Crippen LogP contribution in [0.25, 0.3) is 11.1 Å². The molecule has 0 unspecified atom stereocenters. The maximum atomic E-state index is 15.1. The van der Waals surface area contributed by atoms with Crippen molar-refractivity contribution in [3.63, 3.8) is 0 Å². The number of ketones is 3. The minimum atomic E-state index is -1.47. The number of unbranched alkanes of at least 4 members (excludes halogenated alkanes) is 1. The van der Waals surface area contributed by atoms with Gasteiger partial charge in [-0.05, 0) is 68.4 Å². The molecule has 0 saturated heterocycles. The van der Waals surface area contributed by atoms with E-state index in [2.05, 4.69) is 10.6 Å². The molecule has 0 saturated carbocycles. The number of rotatable bonds is 26. The monoisotopic (exact) mass is 879 g/mol. The number of aromatic nitrogens is 1. The Morgan fingerprint density at radius 1 is 0.841 bits per heavy atom. The van der Waals surface area contributed by atoms with Crippen LogP contribution >= 0.6 is 0 Å². The normalized spacial score (nSPS) is 13.3. The first-order valence-electron chi connectivity index (χ1n) is 20.9. The highest BCUT2D eigenvalue weighted by Crippen LogP contribution is 2.41. The van der Waals surface area contributed by atoms with E-state index >= 15 is 4.39 Å². The van der Waals surface area contributed by atoms with Gasteiger partial charge in [-0.1, -0.05) is 51.1 Å². The molecule has 0 aliphatic heterocycles. The zero-order valence-electron chi connectivity index (χ0n) is 36.5. The fourth-order valence-corrected chi connectivity index (χ4v) is 7.37. The molecule has 15 nitrogen and oxygen atoms in total. The molecule has 0 aliphatic carbocycles. The second kappa shape index (κ2) is 23.9. The van der Waals surface area contributed by atoms with Gasteiger partial charge in [-0.3, -0.25) is 33.6 Å². The predicted molar refractivity (Wildman–Crippen MR) is 228 cm³/mol. The minimum Gasteiger partial charge on any atom is -0.481 e. The highest BCUT2D eigenvalue weighted by atomic mass is 19.1. The van der Waals surface area contributed by atoms with E-state index in [1.54, 1.807) is 12.3 Å². The third kappa shape index (κ3) is 16.3. The number of hydrogen-bond donors (Lipinski definition) is 5. The van der Waals surface area contributed by atoms with Crippen LogP contribution in [0.2, 0.25) is 0 Å². The number of benzene rings is 2. The van der Waals surface area contributed by atoms with E-state index in [4.69, 9.17) is 5.73 Å². The first-order valence-corrected chi connectivity index (χ1v) is 20.9. The number of nitrogens with zero attached hydrogens (tertiary/aromatic N) is 2. The largest absolute Gasteiger partial charge is 0.481 e. The third-order valence-corrected chi connectivity index (χ3v) is 10.4. The number of carbonyl (C=O) groups excluding carboxylic acids is 7. The summed E-state index contributed by atoms with van der Waals surface area (Å²) in [6, 6.07) is 10.9. The molecule has 3 aromatic rings. The Balaban J connectivity index is 1.81. The van der Waals surface area contributed by atoms with Crippen molar-refractivity contribution in [3.05, 3.63) is 83.7 Å². The molecule has 1 heterocycles. The molecule has 4 atom stereocenters. The first kappa shape index (κ1) is 51.3. The summed E-state index contributed by atoms with van der Waals surface area (Å²) >= 11 is 0. The zero-order valence-corrected chi connectivity index (χ0v) is 36.5. The molecule has 6 N–H and O–H groups in total. The number of hydrogen-bond acceptors (Lipinski definition) is 9. The summed E-state index contributed by atoms with van der Waals surface area (Å²) in [5.41, 5.74) is 6.56. The molecule has 342 valence electrons. The highest BCUT2D eigenvalue weighted by Gasteiger charge is 2.37. The Kier molecular flexibility index (Phi) is 19.5. The van der Waals surface area contributed by atoms with E-state index in [1.165, 1.54) is 18.7 Å². The summed E-state index contributed by atoms with van der Waals surface area (Å²) in [7, 11) is 0. The van der Waals surface area contributed by atoms with E-state index in [0.29, 0.717) is 17.8 Å². The number of primary amides is 1. The van der Waals surface area contributed by atoms with Crippen LogP contribution in [0.15, 0.2) is 60.8 Å². The van der Waals surface area contributed by atoms with Crippen molar-refractivity contribution in [3.8, 4) is 11.1 Å². The SMILES string of the molecule is CC(=O)CCCC(=O)N[C@@H](C)C(=O)C[C@H](CC(=O)O)C(=O)N[C@@H](CC(N)=O)C(=O)CCCCN(C(=O)CO)[C@@H](c1cc(-c2cc(F)ccc2F)cn1Cc1ccccc1)C(C)(C)C. The Labute approximate surface area is 365 Å². The first-order chi connectivity index (χ1) is 29.6. The fraction of sp³-hybridized carbons (Fsp3) is 0.478. The van der Waals surface area contributed by atoms with E-state index < -0.39 is 108 Å². The third-order valence-electron chi connectivity index (χ3n) is 10.4. The van der Waals surface area contributed by atoms with Gasteiger partial charge in [0.25, 0.3) is 0 Å². The van der Waals surface area contributed by atoms with E-state index in [-0.39, 0.29) is 56.4 Å². The molecule has 17 heteroatoms. The molecule has 4 amide bonds. The van der Waals surface area contributed by atoms with Crippen LogP contribution in [0.3, 0.4) is 0 Å². The van der Waals surface area contributed by atoms with Gasteiger partial charge in [-0.2, -0.15) is 0 Å². The summed E-state index contributed by atoms with van der Waals surface area (Å²) in [5, 5.41) is 24.5. The summed E-state index contributed by atoms with van der Waals surface area (Å²) in [4.78, 5) is 102. The number of carboxylic acid groups (broad SMARTS) is 1. The average molecular weight is 880 g/mol. The summed E-state index contributed by atoms with van der Waals surface area (Å²) in [6.45, 7) is 7.89. The lowest BCUT2D eigenvalue weighted by Gasteiger charge is -2.41. The molecule has 0 bridgehead atoms. The van der Waals surface area contributed by atoms with Crippen LogP contribution in [-0.2, 0) is 44.9 Å². The van der Waals surface area contributed by atoms with E-state index in [1.807, 2.05) is 55.7 Å². The second-order valence-corrected chi connectivity index (χ2v) is 16.9. The number of nitrogens with two attached hydrogens (primary N) is 1. The van der Waals surface area contributed by atoms with Crippen molar-refractivity contribution in [2.24, 2.45) is 17.1 Å². The van der Waals surface area contributed by atoms with Gasteiger partial charge < -0.3 is 40.8 Å². The lowest BCUT2D eigenvalue weighted by Crippen LogP contribution is -2.47. The number of Topliss-reactive ketones (excluding diaryl/α,β-unsaturated/α-hetero) is 3. The molecule has 0 aliphatic rings. The van der Waals surface area contributed by atoms with Gasteiger partial charge in [0.1, 0.15) is 24.0 Å². The van der Waals surface area contributed by atoms with Gasteiger partial charge in [0.15, 0.2) is 11.6 Å². The van der Waals surface area contributed by atoms with Crippen LogP contribution in [0.5, 0.6) is 0 Å². The summed E-state index contributed by atoms with van der Waals surface area (Å²) < 4.78 is 31.3. The average Bonchev–Trinajstić information content (AvgIpc) is 3.60. The number of amides is 4. The van der Waals surface area contributed by atoms with Crippen LogP contribution in [0, 0.1) is 23.0 Å². The van der Waals surface area contributed by atoms with Gasteiger partial charge >= 0.3 is 5.97 Å². The number of nitrogens with one attached hydrogen (secondary N) is 2. The van der Waals surface area contributed by atoms with Gasteiger partial charge in [-0.15, -0.1) is 0 Å². The molecule has 1 aromatic heterocycles. The van der Waals surface area contributed by atoms with Crippen molar-refractivity contribution in [1.29, 1.82) is 0 Å². The Morgan fingerprint density at radius 3 is 2.13 bits per heavy atom. The highest BCUT2D eigenvalue weighted by molar-refractivity contribution is 5.96. The quantitative estimate of drug-likeness (QED) is 0.0691.